The van der Waals surface area contributed by atoms with Gasteiger partial charge >= 0.3 is 0 Å². The van der Waals surface area contributed by atoms with Crippen LogP contribution in [0.1, 0.15) is 11.1 Å². The first kappa shape index (κ1) is 19.3. The SMILES string of the molecule is Oc1ccc(CNc2cccc3c(NCc4ccc(O)c(O)c4)cccc23)cc1O. The highest BCUT2D eigenvalue weighted by Crippen LogP contribution is 2.31. The van der Waals surface area contributed by atoms with E-state index in [9.17, 15) is 20.4 Å². The van der Waals surface area contributed by atoms with Crippen LogP contribution in [0.15, 0.2) is 72.8 Å². The molecular formula is C24H22N2O4. The lowest BCUT2D eigenvalue weighted by Crippen LogP contribution is -2.02. The number of anilines is 2. The molecule has 0 atom stereocenters. The molecule has 4 rings (SSSR count). The summed E-state index contributed by atoms with van der Waals surface area (Å²) >= 11 is 0. The van der Waals surface area contributed by atoms with E-state index in [1.165, 1.54) is 24.3 Å². The van der Waals surface area contributed by atoms with Gasteiger partial charge in [0.2, 0.25) is 0 Å². The van der Waals surface area contributed by atoms with Gasteiger partial charge < -0.3 is 31.1 Å². The Morgan fingerprint density at radius 2 is 0.933 bits per heavy atom. The summed E-state index contributed by atoms with van der Waals surface area (Å²) in [7, 11) is 0. The average Bonchev–Trinajstić information content (AvgIpc) is 2.75. The zero-order valence-electron chi connectivity index (χ0n) is 16.1. The first-order valence-corrected chi connectivity index (χ1v) is 9.52. The molecule has 152 valence electrons. The maximum atomic E-state index is 9.68. The molecule has 0 amide bonds. The predicted octanol–water partition coefficient (Wildman–Crippen LogP) is 4.89. The van der Waals surface area contributed by atoms with E-state index in [1.54, 1.807) is 12.1 Å². The smallest absolute Gasteiger partial charge is 0.157 e. The minimum atomic E-state index is -0.140. The highest BCUT2D eigenvalue weighted by atomic mass is 16.3. The van der Waals surface area contributed by atoms with Crippen LogP contribution in [0.3, 0.4) is 0 Å². The number of nitrogens with one attached hydrogen (secondary N) is 2. The van der Waals surface area contributed by atoms with Gasteiger partial charge in [0.05, 0.1) is 0 Å². The maximum Gasteiger partial charge on any atom is 0.157 e. The van der Waals surface area contributed by atoms with Crippen molar-refractivity contribution in [2.75, 3.05) is 10.6 Å². The average molecular weight is 402 g/mol. The summed E-state index contributed by atoms with van der Waals surface area (Å²) in [5.41, 5.74) is 3.60. The molecule has 6 heteroatoms. The van der Waals surface area contributed by atoms with Crippen LogP contribution in [0, 0.1) is 0 Å². The molecule has 0 heterocycles. The lowest BCUT2D eigenvalue weighted by atomic mass is 10.1. The van der Waals surface area contributed by atoms with Gasteiger partial charge in [-0.3, -0.25) is 0 Å². The van der Waals surface area contributed by atoms with Crippen LogP contribution >= 0.6 is 0 Å². The Morgan fingerprint density at radius 3 is 1.33 bits per heavy atom. The van der Waals surface area contributed by atoms with E-state index in [0.29, 0.717) is 13.1 Å². The Labute approximate surface area is 173 Å². The van der Waals surface area contributed by atoms with Gasteiger partial charge in [-0.25, -0.2) is 0 Å². The highest BCUT2D eigenvalue weighted by Gasteiger charge is 2.07. The van der Waals surface area contributed by atoms with E-state index < -0.39 is 0 Å². The van der Waals surface area contributed by atoms with E-state index in [1.807, 2.05) is 36.4 Å². The summed E-state index contributed by atoms with van der Waals surface area (Å²) in [5.74, 6) is -0.555. The normalized spacial score (nSPS) is 10.8. The van der Waals surface area contributed by atoms with E-state index in [-0.39, 0.29) is 23.0 Å². The number of phenols is 4. The van der Waals surface area contributed by atoms with E-state index in [2.05, 4.69) is 10.6 Å². The van der Waals surface area contributed by atoms with Crippen LogP contribution in [-0.2, 0) is 13.1 Å². The van der Waals surface area contributed by atoms with Crippen molar-refractivity contribution in [2.45, 2.75) is 13.1 Å². The number of phenolic OH excluding ortho intramolecular Hbond substituents is 4. The van der Waals surface area contributed by atoms with E-state index in [0.717, 1.165) is 33.3 Å². The molecule has 0 saturated heterocycles. The molecule has 0 aliphatic heterocycles. The third-order valence-corrected chi connectivity index (χ3v) is 4.97. The molecule has 0 bridgehead atoms. The quantitative estimate of drug-likeness (QED) is 0.257. The Balaban J connectivity index is 1.54. The van der Waals surface area contributed by atoms with Gasteiger partial charge in [-0.2, -0.15) is 0 Å². The molecule has 6 N–H and O–H groups in total. The lowest BCUT2D eigenvalue weighted by Gasteiger charge is -2.14. The van der Waals surface area contributed by atoms with Gasteiger partial charge in [-0.15, -0.1) is 0 Å². The molecule has 0 fully saturated rings. The minimum absolute atomic E-state index is 0.137. The summed E-state index contributed by atoms with van der Waals surface area (Å²) in [6.45, 7) is 0.995. The van der Waals surface area contributed by atoms with Crippen LogP contribution in [0.25, 0.3) is 10.8 Å². The fourth-order valence-corrected chi connectivity index (χ4v) is 3.37. The molecule has 6 nitrogen and oxygen atoms in total. The molecule has 0 aliphatic rings. The molecule has 0 saturated carbocycles. The van der Waals surface area contributed by atoms with Gasteiger partial charge in [-0.05, 0) is 47.5 Å². The molecule has 0 spiro atoms. The van der Waals surface area contributed by atoms with Crippen LogP contribution in [0.4, 0.5) is 11.4 Å². The summed E-state index contributed by atoms with van der Waals surface area (Å²) < 4.78 is 0. The van der Waals surface area contributed by atoms with Crippen LogP contribution < -0.4 is 10.6 Å². The summed E-state index contributed by atoms with van der Waals surface area (Å²) in [6, 6.07) is 21.5. The number of hydrogen-bond donors (Lipinski definition) is 6. The number of rotatable bonds is 6. The van der Waals surface area contributed by atoms with E-state index >= 15 is 0 Å². The van der Waals surface area contributed by atoms with Crippen molar-refractivity contribution in [3.05, 3.63) is 83.9 Å². The van der Waals surface area contributed by atoms with Crippen LogP contribution in [-0.4, -0.2) is 20.4 Å². The fraction of sp³-hybridized carbons (Fsp3) is 0.0833. The Morgan fingerprint density at radius 1 is 0.500 bits per heavy atom. The van der Waals surface area contributed by atoms with Crippen molar-refractivity contribution in [2.24, 2.45) is 0 Å². The zero-order valence-corrected chi connectivity index (χ0v) is 16.1. The second kappa shape index (κ2) is 8.13. The topological polar surface area (TPSA) is 105 Å². The molecular weight excluding hydrogens is 380 g/mol. The van der Waals surface area contributed by atoms with Crippen molar-refractivity contribution in [3.8, 4) is 23.0 Å². The predicted molar refractivity (Wildman–Crippen MR) is 118 cm³/mol. The third-order valence-electron chi connectivity index (χ3n) is 4.97. The lowest BCUT2D eigenvalue weighted by molar-refractivity contribution is 0.403. The second-order valence-electron chi connectivity index (χ2n) is 7.06. The largest absolute Gasteiger partial charge is 0.504 e. The first-order chi connectivity index (χ1) is 14.5. The fourth-order valence-electron chi connectivity index (χ4n) is 3.37. The highest BCUT2D eigenvalue weighted by molar-refractivity contribution is 6.01. The van der Waals surface area contributed by atoms with Gasteiger partial charge in [0, 0.05) is 35.2 Å². The van der Waals surface area contributed by atoms with Gasteiger partial charge in [-0.1, -0.05) is 36.4 Å². The molecule has 0 unspecified atom stereocenters. The van der Waals surface area contributed by atoms with Crippen LogP contribution in [0.2, 0.25) is 0 Å². The summed E-state index contributed by atoms with van der Waals surface area (Å²) in [4.78, 5) is 0. The monoisotopic (exact) mass is 402 g/mol. The second-order valence-corrected chi connectivity index (χ2v) is 7.06. The van der Waals surface area contributed by atoms with Crippen molar-refractivity contribution in [1.82, 2.24) is 0 Å². The van der Waals surface area contributed by atoms with Crippen molar-refractivity contribution >= 4 is 22.1 Å². The number of benzene rings is 4. The van der Waals surface area contributed by atoms with Crippen molar-refractivity contribution in [3.63, 3.8) is 0 Å². The molecule has 0 radical (unpaired) electrons. The number of aromatic hydroxyl groups is 4. The van der Waals surface area contributed by atoms with E-state index in [4.69, 9.17) is 0 Å². The van der Waals surface area contributed by atoms with Crippen molar-refractivity contribution < 1.29 is 20.4 Å². The Hall–Kier alpha value is -4.06. The molecule has 4 aromatic rings. The molecule has 0 aliphatic carbocycles. The summed E-state index contributed by atoms with van der Waals surface area (Å²) in [5, 5.41) is 47.1. The third kappa shape index (κ3) is 4.03. The first-order valence-electron chi connectivity index (χ1n) is 9.52. The minimum Gasteiger partial charge on any atom is -0.504 e. The van der Waals surface area contributed by atoms with Gasteiger partial charge in [0.15, 0.2) is 23.0 Å². The van der Waals surface area contributed by atoms with Crippen molar-refractivity contribution in [1.29, 1.82) is 0 Å². The Kier molecular flexibility index (Phi) is 5.22. The van der Waals surface area contributed by atoms with Crippen LogP contribution in [0.5, 0.6) is 23.0 Å². The number of fused-ring (bicyclic) bond motifs is 1. The Bertz CT molecular complexity index is 1110. The molecule has 0 aromatic heterocycles. The van der Waals surface area contributed by atoms with Gasteiger partial charge in [0.25, 0.3) is 0 Å². The molecule has 4 aromatic carbocycles. The number of hydrogen-bond acceptors (Lipinski definition) is 6. The molecule has 30 heavy (non-hydrogen) atoms. The standard InChI is InChI=1S/C24H22N2O4/c27-21-9-7-15(11-23(21)29)13-25-19-5-1-3-17-18(19)4-2-6-20(17)26-14-16-8-10-22(28)24(30)12-16/h1-12,25-30H,13-14H2. The zero-order chi connectivity index (χ0) is 21.1. The van der Waals surface area contributed by atoms with Gasteiger partial charge in [0.1, 0.15) is 0 Å². The maximum absolute atomic E-state index is 9.68. The summed E-state index contributed by atoms with van der Waals surface area (Å²) in [6.07, 6.45) is 0.